The summed E-state index contributed by atoms with van der Waals surface area (Å²) in [7, 11) is 3.07. The van der Waals surface area contributed by atoms with Gasteiger partial charge in [0, 0.05) is 28.9 Å². The number of nitriles is 2. The lowest BCUT2D eigenvalue weighted by atomic mass is 9.75. The van der Waals surface area contributed by atoms with Gasteiger partial charge in [-0.25, -0.2) is 0 Å². The van der Waals surface area contributed by atoms with Crippen molar-refractivity contribution in [2.24, 2.45) is 5.73 Å². The van der Waals surface area contributed by atoms with Crippen LogP contribution >= 0.6 is 23.1 Å². The standard InChI is InChI=1S/C29H25N7O4S2/c1-39-18-10-11-23(40-2)19(12-18)25-20(14-31)27(32)36(21-4-3-5-22(37)26(21)25)28-34-35-29(42-28)41-15-24(38)33-17-8-6-16(13-30)7-9-17/h6-12,25H,3-5,15,32H2,1-2H3,(H,33,38). The number of benzene rings is 2. The average Bonchev–Trinajstić information content (AvgIpc) is 3.48. The lowest BCUT2D eigenvalue weighted by molar-refractivity contribution is -0.116. The average molecular weight is 600 g/mol. The molecule has 3 N–H and O–H groups in total. The Bertz CT molecular complexity index is 1700. The second-order valence-electron chi connectivity index (χ2n) is 9.30. The summed E-state index contributed by atoms with van der Waals surface area (Å²) in [5, 5.41) is 31.0. The molecule has 5 rings (SSSR count). The highest BCUT2D eigenvalue weighted by atomic mass is 32.2. The number of nitrogens with zero attached hydrogens (tertiary/aromatic N) is 5. The first kappa shape index (κ1) is 28.7. The summed E-state index contributed by atoms with van der Waals surface area (Å²) in [5.74, 6) is 0.253. The highest BCUT2D eigenvalue weighted by Gasteiger charge is 2.42. The van der Waals surface area contributed by atoms with Gasteiger partial charge in [0.25, 0.3) is 0 Å². The van der Waals surface area contributed by atoms with Crippen LogP contribution in [0.25, 0.3) is 0 Å². The number of hydrogen-bond acceptors (Lipinski definition) is 12. The van der Waals surface area contributed by atoms with Gasteiger partial charge in [-0.3, -0.25) is 14.5 Å². The summed E-state index contributed by atoms with van der Waals surface area (Å²) in [6.45, 7) is 0. The summed E-state index contributed by atoms with van der Waals surface area (Å²) in [6, 6.07) is 16.1. The minimum absolute atomic E-state index is 0.0741. The minimum atomic E-state index is -0.730. The van der Waals surface area contributed by atoms with Crippen LogP contribution in [0.5, 0.6) is 11.5 Å². The number of anilines is 2. The van der Waals surface area contributed by atoms with Gasteiger partial charge in [-0.05, 0) is 55.3 Å². The molecule has 1 aromatic heterocycles. The van der Waals surface area contributed by atoms with Crippen LogP contribution in [0.4, 0.5) is 10.8 Å². The van der Waals surface area contributed by atoms with E-state index in [-0.39, 0.29) is 28.8 Å². The maximum absolute atomic E-state index is 13.5. The minimum Gasteiger partial charge on any atom is -0.497 e. The van der Waals surface area contributed by atoms with E-state index in [1.807, 2.05) is 6.07 Å². The van der Waals surface area contributed by atoms with Crippen LogP contribution in [0, 0.1) is 22.7 Å². The zero-order chi connectivity index (χ0) is 29.8. The zero-order valence-electron chi connectivity index (χ0n) is 22.7. The predicted octanol–water partition coefficient (Wildman–Crippen LogP) is 4.46. The molecule has 212 valence electrons. The van der Waals surface area contributed by atoms with Gasteiger partial charge in [-0.15, -0.1) is 10.2 Å². The van der Waals surface area contributed by atoms with E-state index in [4.69, 9.17) is 20.5 Å². The third-order valence-corrected chi connectivity index (χ3v) is 8.91. The highest BCUT2D eigenvalue weighted by molar-refractivity contribution is 8.01. The molecule has 1 unspecified atom stereocenters. The molecule has 1 atom stereocenters. The third kappa shape index (κ3) is 5.52. The number of allylic oxidation sites excluding steroid dienone is 3. The predicted molar refractivity (Wildman–Crippen MR) is 158 cm³/mol. The summed E-state index contributed by atoms with van der Waals surface area (Å²) in [5.41, 5.74) is 9.70. The second kappa shape index (κ2) is 12.3. The Labute approximate surface area is 250 Å². The van der Waals surface area contributed by atoms with Gasteiger partial charge in [0.15, 0.2) is 10.1 Å². The van der Waals surface area contributed by atoms with Crippen LogP contribution in [0.3, 0.4) is 0 Å². The summed E-state index contributed by atoms with van der Waals surface area (Å²) >= 11 is 2.42. The molecule has 0 bridgehead atoms. The fraction of sp³-hybridized carbons (Fsp3) is 0.241. The van der Waals surface area contributed by atoms with Crippen LogP contribution in [0.15, 0.2) is 69.5 Å². The number of carbonyl (C=O) groups is 2. The number of ether oxygens (including phenoxy) is 2. The van der Waals surface area contributed by atoms with Crippen molar-refractivity contribution in [2.75, 3.05) is 30.2 Å². The Morgan fingerprint density at radius 1 is 1.14 bits per heavy atom. The van der Waals surface area contributed by atoms with Gasteiger partial charge in [0.05, 0.1) is 49.2 Å². The number of nitrogens with two attached hydrogens (primary N) is 1. The van der Waals surface area contributed by atoms with Crippen molar-refractivity contribution >= 4 is 45.6 Å². The molecule has 2 aliphatic rings. The molecule has 42 heavy (non-hydrogen) atoms. The van der Waals surface area contributed by atoms with E-state index in [0.29, 0.717) is 68.3 Å². The molecule has 1 aliphatic heterocycles. The summed E-state index contributed by atoms with van der Waals surface area (Å²) < 4.78 is 11.5. The van der Waals surface area contributed by atoms with E-state index in [1.165, 1.54) is 30.2 Å². The number of amides is 1. The molecule has 2 heterocycles. The number of aromatic nitrogens is 2. The van der Waals surface area contributed by atoms with E-state index in [1.54, 1.807) is 54.5 Å². The Kier molecular flexibility index (Phi) is 8.43. The van der Waals surface area contributed by atoms with Crippen LogP contribution in [0.2, 0.25) is 0 Å². The molecule has 1 amide bonds. The van der Waals surface area contributed by atoms with E-state index in [0.717, 1.165) is 0 Å². The maximum Gasteiger partial charge on any atom is 0.234 e. The molecular weight excluding hydrogens is 574 g/mol. The Morgan fingerprint density at radius 3 is 2.62 bits per heavy atom. The third-order valence-electron chi connectivity index (χ3n) is 6.87. The van der Waals surface area contributed by atoms with Crippen molar-refractivity contribution in [3.8, 4) is 23.6 Å². The van der Waals surface area contributed by atoms with Crippen molar-refractivity contribution in [2.45, 2.75) is 29.5 Å². The monoisotopic (exact) mass is 599 g/mol. The number of ketones is 1. The lowest BCUT2D eigenvalue weighted by Gasteiger charge is -2.38. The fourth-order valence-corrected chi connectivity index (χ4v) is 6.67. The molecule has 0 spiro atoms. The molecule has 0 saturated heterocycles. The zero-order valence-corrected chi connectivity index (χ0v) is 24.3. The second-order valence-corrected chi connectivity index (χ2v) is 11.5. The Hall–Kier alpha value is -4.85. The normalized spacial score (nSPS) is 16.4. The van der Waals surface area contributed by atoms with Gasteiger partial charge in [0.1, 0.15) is 17.3 Å². The van der Waals surface area contributed by atoms with Gasteiger partial charge >= 0.3 is 0 Å². The lowest BCUT2D eigenvalue weighted by Crippen LogP contribution is -2.38. The van der Waals surface area contributed by atoms with E-state index in [2.05, 4.69) is 21.6 Å². The Morgan fingerprint density at radius 2 is 1.93 bits per heavy atom. The van der Waals surface area contributed by atoms with Crippen molar-refractivity contribution in [1.82, 2.24) is 10.2 Å². The van der Waals surface area contributed by atoms with Gasteiger partial charge < -0.3 is 20.5 Å². The molecule has 11 nitrogen and oxygen atoms in total. The molecule has 0 saturated carbocycles. The van der Waals surface area contributed by atoms with Crippen molar-refractivity contribution in [3.63, 3.8) is 0 Å². The van der Waals surface area contributed by atoms with Crippen LogP contribution < -0.4 is 25.4 Å². The number of rotatable bonds is 8. The van der Waals surface area contributed by atoms with Crippen LogP contribution in [-0.4, -0.2) is 41.9 Å². The number of carbonyl (C=O) groups excluding carboxylic acids is 2. The topological polar surface area (TPSA) is 167 Å². The number of methoxy groups -OCH3 is 2. The molecule has 1 aliphatic carbocycles. The number of thioether (sulfide) groups is 1. The van der Waals surface area contributed by atoms with Crippen LogP contribution in [0.1, 0.15) is 36.3 Å². The largest absolute Gasteiger partial charge is 0.497 e. The van der Waals surface area contributed by atoms with Crippen molar-refractivity contribution < 1.29 is 19.1 Å². The van der Waals surface area contributed by atoms with Crippen LogP contribution in [-0.2, 0) is 9.59 Å². The van der Waals surface area contributed by atoms with Crippen molar-refractivity contribution in [3.05, 3.63) is 76.3 Å². The number of hydrogen-bond donors (Lipinski definition) is 2. The number of nitrogens with one attached hydrogen (secondary N) is 1. The maximum atomic E-state index is 13.5. The fourth-order valence-electron chi connectivity index (χ4n) is 4.98. The smallest absolute Gasteiger partial charge is 0.234 e. The first-order chi connectivity index (χ1) is 20.4. The van der Waals surface area contributed by atoms with E-state index < -0.39 is 5.92 Å². The molecule has 2 aromatic carbocycles. The molecule has 0 radical (unpaired) electrons. The molecular formula is C29H25N7O4S2. The van der Waals surface area contributed by atoms with Gasteiger partial charge in [0.2, 0.25) is 11.0 Å². The van der Waals surface area contributed by atoms with Gasteiger partial charge in [-0.2, -0.15) is 10.5 Å². The highest BCUT2D eigenvalue weighted by Crippen LogP contribution is 2.49. The Balaban J connectivity index is 1.44. The first-order valence-corrected chi connectivity index (χ1v) is 14.6. The van der Waals surface area contributed by atoms with E-state index in [9.17, 15) is 14.9 Å². The first-order valence-electron chi connectivity index (χ1n) is 12.8. The summed E-state index contributed by atoms with van der Waals surface area (Å²) in [6.07, 6.45) is 1.53. The molecule has 3 aromatic rings. The van der Waals surface area contributed by atoms with Gasteiger partial charge in [-0.1, -0.05) is 23.1 Å². The molecule has 13 heteroatoms. The molecule has 0 fully saturated rings. The SMILES string of the molecule is COc1ccc(OC)c(C2C(C#N)=C(N)N(c3nnc(SCC(=O)Nc4ccc(C#N)cc4)s3)C3=C2C(=O)CCC3)c1. The summed E-state index contributed by atoms with van der Waals surface area (Å²) in [4.78, 5) is 27.6. The van der Waals surface area contributed by atoms with Crippen molar-refractivity contribution in [1.29, 1.82) is 10.5 Å². The quantitative estimate of drug-likeness (QED) is 0.351. The van der Waals surface area contributed by atoms with E-state index >= 15 is 0 Å². The number of Topliss-reactive ketones (excluding diaryl/α,β-unsaturated/α-hetero) is 1.